The van der Waals surface area contributed by atoms with Gasteiger partial charge in [0.15, 0.2) is 0 Å². The van der Waals surface area contributed by atoms with Crippen molar-refractivity contribution >= 4 is 21.8 Å². The van der Waals surface area contributed by atoms with Crippen LogP contribution in [0.1, 0.15) is 22.3 Å². The van der Waals surface area contributed by atoms with Crippen LogP contribution in [0.4, 0.5) is 0 Å². The third-order valence-corrected chi connectivity index (χ3v) is 8.65. The Bertz CT molecular complexity index is 2060. The molecule has 7 aromatic rings. The van der Waals surface area contributed by atoms with Gasteiger partial charge in [-0.2, -0.15) is 0 Å². The second-order valence-electron chi connectivity index (χ2n) is 11.1. The average Bonchev–Trinajstić information content (AvgIpc) is 3.52. The van der Waals surface area contributed by atoms with Crippen molar-refractivity contribution in [2.45, 2.75) is 12.8 Å². The maximum atomic E-state index is 2.38. The summed E-state index contributed by atoms with van der Waals surface area (Å²) < 4.78 is 2.34. The topological polar surface area (TPSA) is 4.93 Å². The Labute approximate surface area is 235 Å². The molecule has 40 heavy (non-hydrogen) atoms. The third-order valence-electron chi connectivity index (χ3n) is 8.65. The molecule has 0 spiro atoms. The van der Waals surface area contributed by atoms with Crippen molar-refractivity contribution in [3.63, 3.8) is 0 Å². The first kappa shape index (κ1) is 23.0. The van der Waals surface area contributed by atoms with Crippen LogP contribution in [0, 0.1) is 0 Å². The highest BCUT2D eigenvalue weighted by atomic mass is 14.9. The molecule has 0 fully saturated rings. The van der Waals surface area contributed by atoms with Crippen molar-refractivity contribution in [2.24, 2.45) is 7.05 Å². The second kappa shape index (κ2) is 9.10. The van der Waals surface area contributed by atoms with Gasteiger partial charge in [0, 0.05) is 28.9 Å². The molecule has 0 saturated carbocycles. The SMILES string of the molecule is Cn1c2ccc(-c3cccc(Cc4ccccc4)c3)cc2c2ccc(-c3ccc4c(c3)-c3ccccc3C4)cc21. The minimum absolute atomic E-state index is 0.947. The van der Waals surface area contributed by atoms with Crippen molar-refractivity contribution in [3.8, 4) is 33.4 Å². The van der Waals surface area contributed by atoms with E-state index in [1.54, 1.807) is 0 Å². The van der Waals surface area contributed by atoms with Crippen LogP contribution >= 0.6 is 0 Å². The third kappa shape index (κ3) is 3.78. The zero-order chi connectivity index (χ0) is 26.6. The highest BCUT2D eigenvalue weighted by Gasteiger charge is 2.19. The molecular formula is C39H29N. The molecule has 1 heteroatoms. The molecular weight excluding hydrogens is 482 g/mol. The Morgan fingerprint density at radius 1 is 0.475 bits per heavy atom. The predicted octanol–water partition coefficient (Wildman–Crippen LogP) is 9.83. The largest absolute Gasteiger partial charge is 0.344 e. The summed E-state index contributed by atoms with van der Waals surface area (Å²) in [5, 5.41) is 2.60. The summed E-state index contributed by atoms with van der Waals surface area (Å²) in [5.41, 5.74) is 15.9. The first-order valence-corrected chi connectivity index (χ1v) is 14.1. The fourth-order valence-electron chi connectivity index (χ4n) is 6.57. The number of hydrogen-bond donors (Lipinski definition) is 0. The van der Waals surface area contributed by atoms with Crippen LogP contribution in [0.2, 0.25) is 0 Å². The highest BCUT2D eigenvalue weighted by molar-refractivity contribution is 6.10. The van der Waals surface area contributed by atoms with E-state index in [-0.39, 0.29) is 0 Å². The van der Waals surface area contributed by atoms with E-state index in [0.29, 0.717) is 0 Å². The van der Waals surface area contributed by atoms with Gasteiger partial charge in [-0.15, -0.1) is 0 Å². The smallest absolute Gasteiger partial charge is 0.0494 e. The lowest BCUT2D eigenvalue weighted by molar-refractivity contribution is 1.01. The molecule has 1 nitrogen and oxygen atoms in total. The van der Waals surface area contributed by atoms with Gasteiger partial charge >= 0.3 is 0 Å². The number of nitrogens with zero attached hydrogens (tertiary/aromatic N) is 1. The van der Waals surface area contributed by atoms with Crippen LogP contribution in [-0.2, 0) is 19.9 Å². The summed E-state index contributed by atoms with van der Waals surface area (Å²) in [6.45, 7) is 0. The molecule has 1 aliphatic rings. The Kier molecular flexibility index (Phi) is 5.24. The molecule has 0 amide bonds. The fraction of sp³-hybridized carbons (Fsp3) is 0.0769. The van der Waals surface area contributed by atoms with Crippen molar-refractivity contribution in [2.75, 3.05) is 0 Å². The van der Waals surface area contributed by atoms with E-state index in [1.807, 2.05) is 0 Å². The first-order valence-electron chi connectivity index (χ1n) is 14.1. The normalized spacial score (nSPS) is 12.1. The fourth-order valence-corrected chi connectivity index (χ4v) is 6.57. The summed E-state index contributed by atoms with van der Waals surface area (Å²) in [6.07, 6.45) is 1.98. The lowest BCUT2D eigenvalue weighted by atomic mass is 9.97. The molecule has 1 heterocycles. The van der Waals surface area contributed by atoms with E-state index in [0.717, 1.165) is 12.8 Å². The Balaban J connectivity index is 1.18. The lowest BCUT2D eigenvalue weighted by Gasteiger charge is -2.07. The average molecular weight is 512 g/mol. The molecule has 0 N–H and O–H groups in total. The summed E-state index contributed by atoms with van der Waals surface area (Å²) in [4.78, 5) is 0. The standard InChI is InChI=1S/C39H29N/c1-40-38-19-17-30(28-12-7-10-27(21-28)20-26-8-3-2-4-9-26)24-37(38)35-18-16-31(25-39(35)40)29-14-15-33-22-32-11-5-6-13-34(32)36(33)23-29/h2-19,21,23-25H,20,22H2,1H3. The molecule has 8 rings (SSSR count). The van der Waals surface area contributed by atoms with Gasteiger partial charge in [0.05, 0.1) is 0 Å². The molecule has 6 aromatic carbocycles. The van der Waals surface area contributed by atoms with E-state index in [1.165, 1.54) is 77.4 Å². The van der Waals surface area contributed by atoms with Crippen LogP contribution in [0.3, 0.4) is 0 Å². The van der Waals surface area contributed by atoms with E-state index in [2.05, 4.69) is 145 Å². The van der Waals surface area contributed by atoms with E-state index < -0.39 is 0 Å². The van der Waals surface area contributed by atoms with Gasteiger partial charge < -0.3 is 4.57 Å². The number of benzene rings is 6. The van der Waals surface area contributed by atoms with Crippen molar-refractivity contribution in [1.29, 1.82) is 0 Å². The molecule has 190 valence electrons. The number of fused-ring (bicyclic) bond motifs is 6. The van der Waals surface area contributed by atoms with Gasteiger partial charge in [-0.3, -0.25) is 0 Å². The molecule has 0 bridgehead atoms. The van der Waals surface area contributed by atoms with Crippen LogP contribution in [0.5, 0.6) is 0 Å². The van der Waals surface area contributed by atoms with Crippen LogP contribution in [-0.4, -0.2) is 4.57 Å². The highest BCUT2D eigenvalue weighted by Crippen LogP contribution is 2.40. The molecule has 0 radical (unpaired) electrons. The molecule has 0 atom stereocenters. The molecule has 1 aromatic heterocycles. The van der Waals surface area contributed by atoms with Crippen LogP contribution < -0.4 is 0 Å². The van der Waals surface area contributed by atoms with Gasteiger partial charge in [-0.25, -0.2) is 0 Å². The monoisotopic (exact) mass is 511 g/mol. The Morgan fingerprint density at radius 2 is 1.18 bits per heavy atom. The Morgan fingerprint density at radius 3 is 2.10 bits per heavy atom. The maximum absolute atomic E-state index is 2.38. The zero-order valence-electron chi connectivity index (χ0n) is 22.6. The van der Waals surface area contributed by atoms with Crippen LogP contribution in [0.25, 0.3) is 55.2 Å². The second-order valence-corrected chi connectivity index (χ2v) is 11.1. The minimum Gasteiger partial charge on any atom is -0.344 e. The number of aryl methyl sites for hydroxylation is 1. The van der Waals surface area contributed by atoms with Gasteiger partial charge in [-0.05, 0) is 92.7 Å². The van der Waals surface area contributed by atoms with Crippen molar-refractivity contribution in [1.82, 2.24) is 4.57 Å². The quantitative estimate of drug-likeness (QED) is 0.222. The minimum atomic E-state index is 0.947. The molecule has 0 unspecified atom stereocenters. The van der Waals surface area contributed by atoms with Gasteiger partial charge in [0.2, 0.25) is 0 Å². The summed E-state index contributed by atoms with van der Waals surface area (Å²) >= 11 is 0. The molecule has 0 aliphatic heterocycles. The van der Waals surface area contributed by atoms with Gasteiger partial charge in [0.25, 0.3) is 0 Å². The van der Waals surface area contributed by atoms with E-state index >= 15 is 0 Å². The predicted molar refractivity (Wildman–Crippen MR) is 169 cm³/mol. The number of rotatable bonds is 4. The number of aromatic nitrogens is 1. The van der Waals surface area contributed by atoms with Crippen LogP contribution in [0.15, 0.2) is 133 Å². The summed E-state index contributed by atoms with van der Waals surface area (Å²) in [6, 6.07) is 49.3. The molecule has 1 aliphatic carbocycles. The Hall–Kier alpha value is -4.88. The maximum Gasteiger partial charge on any atom is 0.0494 e. The number of hydrogen-bond acceptors (Lipinski definition) is 0. The van der Waals surface area contributed by atoms with Gasteiger partial charge in [0.1, 0.15) is 0 Å². The van der Waals surface area contributed by atoms with E-state index in [9.17, 15) is 0 Å². The van der Waals surface area contributed by atoms with Crippen molar-refractivity contribution < 1.29 is 0 Å². The van der Waals surface area contributed by atoms with E-state index in [4.69, 9.17) is 0 Å². The summed E-state index contributed by atoms with van der Waals surface area (Å²) in [7, 11) is 2.19. The summed E-state index contributed by atoms with van der Waals surface area (Å²) in [5.74, 6) is 0. The first-order chi connectivity index (χ1) is 19.7. The lowest BCUT2D eigenvalue weighted by Crippen LogP contribution is -1.89. The molecule has 0 saturated heterocycles. The zero-order valence-corrected chi connectivity index (χ0v) is 22.6. The van der Waals surface area contributed by atoms with Crippen molar-refractivity contribution in [3.05, 3.63) is 156 Å². The van der Waals surface area contributed by atoms with Gasteiger partial charge in [-0.1, -0.05) is 109 Å².